The maximum Gasteiger partial charge on any atom is 0.310 e. The molecule has 5 nitrogen and oxygen atoms in total. The van der Waals surface area contributed by atoms with Crippen LogP contribution in [0.15, 0.2) is 0 Å². The van der Waals surface area contributed by atoms with Crippen LogP contribution < -0.4 is 5.32 Å². The van der Waals surface area contributed by atoms with Gasteiger partial charge in [-0.15, -0.1) is 0 Å². The fourth-order valence-electron chi connectivity index (χ4n) is 1.20. The number of hydrogen-bond acceptors (Lipinski definition) is 4. The molecule has 1 heterocycles. The van der Waals surface area contributed by atoms with Crippen LogP contribution in [0.3, 0.4) is 0 Å². The maximum atomic E-state index is 11.2. The van der Waals surface area contributed by atoms with Gasteiger partial charge in [0, 0.05) is 13.2 Å². The van der Waals surface area contributed by atoms with Crippen LogP contribution in [-0.4, -0.2) is 32.3 Å². The molecule has 0 spiro atoms. The summed E-state index contributed by atoms with van der Waals surface area (Å²) < 4.78 is 9.88. The van der Waals surface area contributed by atoms with Crippen LogP contribution >= 0.6 is 0 Å². The molecule has 0 unspecified atom stereocenters. The van der Waals surface area contributed by atoms with Crippen LogP contribution in [0.5, 0.6) is 0 Å². The Bertz CT molecular complexity index is 177. The molecule has 1 aliphatic rings. The van der Waals surface area contributed by atoms with Gasteiger partial charge in [0.2, 0.25) is 6.41 Å². The van der Waals surface area contributed by atoms with E-state index in [-0.39, 0.29) is 18.6 Å². The van der Waals surface area contributed by atoms with Crippen molar-refractivity contribution in [2.45, 2.75) is 12.8 Å². The third kappa shape index (κ3) is 3.42. The van der Waals surface area contributed by atoms with Crippen molar-refractivity contribution >= 4 is 12.4 Å². The zero-order chi connectivity index (χ0) is 9.52. The molecule has 5 heteroatoms. The van der Waals surface area contributed by atoms with E-state index in [0.717, 1.165) is 0 Å². The van der Waals surface area contributed by atoms with Gasteiger partial charge in [-0.3, -0.25) is 9.59 Å². The van der Waals surface area contributed by atoms with Crippen LogP contribution in [0.4, 0.5) is 0 Å². The summed E-state index contributed by atoms with van der Waals surface area (Å²) in [5.74, 6) is -0.320. The topological polar surface area (TPSA) is 64.6 Å². The maximum absolute atomic E-state index is 11.2. The molecule has 0 bridgehead atoms. The highest BCUT2D eigenvalue weighted by molar-refractivity contribution is 5.72. The van der Waals surface area contributed by atoms with Crippen molar-refractivity contribution in [2.75, 3.05) is 19.9 Å². The minimum Gasteiger partial charge on any atom is -0.444 e. The molecule has 0 aliphatic carbocycles. The van der Waals surface area contributed by atoms with Crippen molar-refractivity contribution in [3.05, 3.63) is 0 Å². The second-order valence-electron chi connectivity index (χ2n) is 2.82. The monoisotopic (exact) mass is 187 g/mol. The predicted octanol–water partition coefficient (Wildman–Crippen LogP) is -0.340. The van der Waals surface area contributed by atoms with E-state index in [1.165, 1.54) is 0 Å². The Balaban J connectivity index is 2.17. The average molecular weight is 187 g/mol. The summed E-state index contributed by atoms with van der Waals surface area (Å²) in [6.45, 7) is 1.18. The first-order chi connectivity index (χ1) is 6.34. The van der Waals surface area contributed by atoms with Crippen LogP contribution in [0, 0.1) is 5.92 Å². The molecule has 13 heavy (non-hydrogen) atoms. The molecular weight excluding hydrogens is 174 g/mol. The first-order valence-corrected chi connectivity index (χ1v) is 4.26. The first kappa shape index (κ1) is 9.98. The van der Waals surface area contributed by atoms with E-state index in [0.29, 0.717) is 32.5 Å². The molecule has 1 fully saturated rings. The molecule has 0 aromatic heterocycles. The van der Waals surface area contributed by atoms with Gasteiger partial charge in [0.05, 0.1) is 5.92 Å². The minimum absolute atomic E-state index is 0.0420. The Morgan fingerprint density at radius 2 is 2.23 bits per heavy atom. The van der Waals surface area contributed by atoms with E-state index in [2.05, 4.69) is 5.32 Å². The summed E-state index contributed by atoms with van der Waals surface area (Å²) in [5.41, 5.74) is 0. The zero-order valence-electron chi connectivity index (χ0n) is 7.32. The van der Waals surface area contributed by atoms with E-state index in [1.54, 1.807) is 0 Å². The lowest BCUT2D eigenvalue weighted by molar-refractivity contribution is -0.152. The van der Waals surface area contributed by atoms with E-state index in [9.17, 15) is 9.59 Å². The van der Waals surface area contributed by atoms with E-state index >= 15 is 0 Å². The third-order valence-corrected chi connectivity index (χ3v) is 1.94. The number of esters is 1. The van der Waals surface area contributed by atoms with Gasteiger partial charge in [0.1, 0.15) is 0 Å². The zero-order valence-corrected chi connectivity index (χ0v) is 7.32. The van der Waals surface area contributed by atoms with Crippen LogP contribution in [0.2, 0.25) is 0 Å². The smallest absolute Gasteiger partial charge is 0.310 e. The SMILES string of the molecule is O=CNCOC(=O)C1CCOCC1. The molecule has 1 rings (SSSR count). The van der Waals surface area contributed by atoms with Crippen LogP contribution in [0.1, 0.15) is 12.8 Å². The van der Waals surface area contributed by atoms with Crippen molar-refractivity contribution in [1.29, 1.82) is 0 Å². The van der Waals surface area contributed by atoms with Crippen LogP contribution in [0.25, 0.3) is 0 Å². The lowest BCUT2D eigenvalue weighted by Crippen LogP contribution is -2.28. The lowest BCUT2D eigenvalue weighted by atomic mass is 10.0. The Labute approximate surface area is 76.4 Å². The quantitative estimate of drug-likeness (QED) is 0.283. The molecule has 0 saturated carbocycles. The summed E-state index contributed by atoms with van der Waals surface area (Å²) in [4.78, 5) is 21.1. The second kappa shape index (κ2) is 5.53. The molecule has 74 valence electrons. The molecule has 1 aliphatic heterocycles. The summed E-state index contributed by atoms with van der Waals surface area (Å²) in [6, 6.07) is 0. The standard InChI is InChI=1S/C8H13NO4/c10-5-9-6-13-8(11)7-1-3-12-4-2-7/h5,7H,1-4,6H2,(H,9,10). The third-order valence-electron chi connectivity index (χ3n) is 1.94. The number of rotatable bonds is 4. The fraction of sp³-hybridized carbons (Fsp3) is 0.750. The highest BCUT2D eigenvalue weighted by atomic mass is 16.5. The molecule has 1 N–H and O–H groups in total. The molecule has 0 radical (unpaired) electrons. The number of ether oxygens (including phenoxy) is 2. The Hall–Kier alpha value is -1.10. The lowest BCUT2D eigenvalue weighted by Gasteiger charge is -2.20. The fourth-order valence-corrected chi connectivity index (χ4v) is 1.20. The van der Waals surface area contributed by atoms with Crippen molar-refractivity contribution in [3.63, 3.8) is 0 Å². The largest absolute Gasteiger partial charge is 0.444 e. The highest BCUT2D eigenvalue weighted by Gasteiger charge is 2.22. The number of carbonyl (C=O) groups is 2. The number of carbonyl (C=O) groups excluding carboxylic acids is 2. The Kier molecular flexibility index (Phi) is 4.25. The van der Waals surface area contributed by atoms with Gasteiger partial charge < -0.3 is 14.8 Å². The first-order valence-electron chi connectivity index (χ1n) is 4.26. The summed E-state index contributed by atoms with van der Waals surface area (Å²) in [7, 11) is 0. The van der Waals surface area contributed by atoms with Gasteiger partial charge in [-0.05, 0) is 12.8 Å². The van der Waals surface area contributed by atoms with Crippen molar-refractivity contribution in [3.8, 4) is 0 Å². The van der Waals surface area contributed by atoms with Crippen LogP contribution in [-0.2, 0) is 19.1 Å². The molecule has 0 aromatic rings. The van der Waals surface area contributed by atoms with E-state index in [4.69, 9.17) is 9.47 Å². The van der Waals surface area contributed by atoms with Crippen molar-refractivity contribution in [1.82, 2.24) is 5.32 Å². The molecule has 0 aromatic carbocycles. The molecule has 0 atom stereocenters. The second-order valence-corrected chi connectivity index (χ2v) is 2.82. The van der Waals surface area contributed by atoms with Crippen molar-refractivity contribution in [2.24, 2.45) is 5.92 Å². The summed E-state index contributed by atoms with van der Waals surface area (Å²) in [5, 5.41) is 2.26. The highest BCUT2D eigenvalue weighted by Crippen LogP contribution is 2.15. The average Bonchev–Trinajstić information content (AvgIpc) is 2.19. The van der Waals surface area contributed by atoms with Gasteiger partial charge in [-0.1, -0.05) is 0 Å². The van der Waals surface area contributed by atoms with Gasteiger partial charge >= 0.3 is 5.97 Å². The predicted molar refractivity (Wildman–Crippen MR) is 43.7 cm³/mol. The van der Waals surface area contributed by atoms with Gasteiger partial charge in [-0.2, -0.15) is 0 Å². The molecule has 1 amide bonds. The van der Waals surface area contributed by atoms with Gasteiger partial charge in [0.15, 0.2) is 6.73 Å². The minimum atomic E-state index is -0.252. The van der Waals surface area contributed by atoms with Gasteiger partial charge in [0.25, 0.3) is 0 Å². The Morgan fingerprint density at radius 1 is 1.54 bits per heavy atom. The van der Waals surface area contributed by atoms with Crippen molar-refractivity contribution < 1.29 is 19.1 Å². The van der Waals surface area contributed by atoms with Gasteiger partial charge in [-0.25, -0.2) is 0 Å². The summed E-state index contributed by atoms with van der Waals surface area (Å²) >= 11 is 0. The molecule has 1 saturated heterocycles. The Morgan fingerprint density at radius 3 is 2.85 bits per heavy atom. The molecular formula is C8H13NO4. The number of hydrogen-bond donors (Lipinski definition) is 1. The normalized spacial score (nSPS) is 17.8. The van der Waals surface area contributed by atoms with E-state index < -0.39 is 0 Å². The summed E-state index contributed by atoms with van der Waals surface area (Å²) in [6.07, 6.45) is 1.91. The number of amides is 1. The number of nitrogens with one attached hydrogen (secondary N) is 1. The van der Waals surface area contributed by atoms with E-state index in [1.807, 2.05) is 0 Å².